The molecule has 3 atom stereocenters. The van der Waals surface area contributed by atoms with Crippen LogP contribution in [0.25, 0.3) is 0 Å². The first kappa shape index (κ1) is 13.3. The summed E-state index contributed by atoms with van der Waals surface area (Å²) in [5.74, 6) is -0.900. The normalized spacial score (nSPS) is 36.0. The number of nitrogens with zero attached hydrogens (tertiary/aromatic N) is 1. The van der Waals surface area contributed by atoms with Crippen molar-refractivity contribution in [2.45, 2.75) is 38.3 Å². The number of aliphatic carboxylic acids is 1. The predicted octanol–water partition coefficient (Wildman–Crippen LogP) is -0.577. The van der Waals surface area contributed by atoms with Crippen molar-refractivity contribution >= 4 is 11.9 Å². The van der Waals surface area contributed by atoms with Gasteiger partial charge in [0, 0.05) is 19.6 Å². The molecule has 3 N–H and O–H groups in total. The molecule has 2 rings (SSSR count). The number of hydrogen-bond acceptors (Lipinski definition) is 4. The monoisotopic (exact) mass is 256 g/mol. The van der Waals surface area contributed by atoms with E-state index in [4.69, 9.17) is 0 Å². The lowest BCUT2D eigenvalue weighted by atomic mass is 9.84. The predicted molar refractivity (Wildman–Crippen MR) is 64.0 cm³/mol. The number of carboxylic acid groups (broad SMARTS) is 1. The van der Waals surface area contributed by atoms with E-state index in [2.05, 4.69) is 5.32 Å². The summed E-state index contributed by atoms with van der Waals surface area (Å²) in [6.07, 6.45) is 0.991. The Morgan fingerprint density at radius 2 is 2.22 bits per heavy atom. The van der Waals surface area contributed by atoms with E-state index in [1.165, 1.54) is 0 Å². The largest absolute Gasteiger partial charge is 0.481 e. The molecule has 0 saturated carbocycles. The number of carbonyl (C=O) groups excluding carboxylic acids is 1. The Balaban J connectivity index is 2.00. The minimum absolute atomic E-state index is 0.0804. The molecule has 2 heterocycles. The van der Waals surface area contributed by atoms with Crippen LogP contribution in [0.5, 0.6) is 0 Å². The number of nitrogens with one attached hydrogen (secondary N) is 1. The van der Waals surface area contributed by atoms with E-state index in [1.807, 2.05) is 6.92 Å². The van der Waals surface area contributed by atoms with Crippen LogP contribution in [0.2, 0.25) is 0 Å². The Kier molecular flexibility index (Phi) is 3.59. The summed E-state index contributed by atoms with van der Waals surface area (Å²) in [5, 5.41) is 21.6. The molecule has 0 bridgehead atoms. The summed E-state index contributed by atoms with van der Waals surface area (Å²) in [6, 6.07) is -0.360. The third kappa shape index (κ3) is 2.22. The molecule has 0 aromatic heterocycles. The SMILES string of the molecule is CCC1(C(=O)O)CCN(C(=O)C2CC(O)CN2)C1. The molecule has 2 aliphatic rings. The summed E-state index contributed by atoms with van der Waals surface area (Å²) < 4.78 is 0. The molecule has 18 heavy (non-hydrogen) atoms. The number of amides is 1. The van der Waals surface area contributed by atoms with Gasteiger partial charge >= 0.3 is 5.97 Å². The molecule has 6 heteroatoms. The maximum atomic E-state index is 12.2. The number of β-amino-alcohol motifs (C(OH)–C–C–N with tert-alkyl or cyclic N) is 1. The topological polar surface area (TPSA) is 89.9 Å². The second-order valence-corrected chi connectivity index (χ2v) is 5.30. The average Bonchev–Trinajstić information content (AvgIpc) is 2.95. The Morgan fingerprint density at radius 1 is 1.50 bits per heavy atom. The Hall–Kier alpha value is -1.14. The highest BCUT2D eigenvalue weighted by molar-refractivity contribution is 5.84. The maximum absolute atomic E-state index is 12.2. The van der Waals surface area contributed by atoms with Crippen LogP contribution >= 0.6 is 0 Å². The molecule has 0 spiro atoms. The molecule has 0 aromatic carbocycles. The van der Waals surface area contributed by atoms with Gasteiger partial charge in [0.2, 0.25) is 5.91 Å². The number of aliphatic hydroxyl groups excluding tert-OH is 1. The lowest BCUT2D eigenvalue weighted by molar-refractivity contribution is -0.148. The van der Waals surface area contributed by atoms with Gasteiger partial charge in [0.1, 0.15) is 0 Å². The Labute approximate surface area is 106 Å². The number of hydrogen-bond donors (Lipinski definition) is 3. The molecule has 0 aliphatic carbocycles. The van der Waals surface area contributed by atoms with E-state index in [-0.39, 0.29) is 18.5 Å². The van der Waals surface area contributed by atoms with Crippen LogP contribution in [-0.2, 0) is 9.59 Å². The van der Waals surface area contributed by atoms with Gasteiger partial charge in [-0.2, -0.15) is 0 Å². The lowest BCUT2D eigenvalue weighted by Crippen LogP contribution is -2.44. The number of carboxylic acids is 1. The highest BCUT2D eigenvalue weighted by atomic mass is 16.4. The second-order valence-electron chi connectivity index (χ2n) is 5.30. The van der Waals surface area contributed by atoms with Gasteiger partial charge in [-0.3, -0.25) is 9.59 Å². The van der Waals surface area contributed by atoms with Crippen molar-refractivity contribution in [1.29, 1.82) is 0 Å². The first-order valence-corrected chi connectivity index (χ1v) is 6.42. The number of rotatable bonds is 3. The maximum Gasteiger partial charge on any atom is 0.311 e. The smallest absolute Gasteiger partial charge is 0.311 e. The zero-order valence-electron chi connectivity index (χ0n) is 10.6. The molecule has 2 aliphatic heterocycles. The van der Waals surface area contributed by atoms with Gasteiger partial charge in [-0.25, -0.2) is 0 Å². The van der Waals surface area contributed by atoms with Gasteiger partial charge in [-0.05, 0) is 19.3 Å². The van der Waals surface area contributed by atoms with E-state index >= 15 is 0 Å². The van der Waals surface area contributed by atoms with Crippen LogP contribution in [0.4, 0.5) is 0 Å². The fraction of sp³-hybridized carbons (Fsp3) is 0.833. The fourth-order valence-corrected chi connectivity index (χ4v) is 2.80. The van der Waals surface area contributed by atoms with E-state index in [0.717, 1.165) is 0 Å². The molecule has 0 radical (unpaired) electrons. The zero-order chi connectivity index (χ0) is 13.3. The Morgan fingerprint density at radius 3 is 2.67 bits per heavy atom. The van der Waals surface area contributed by atoms with Crippen molar-refractivity contribution in [2.24, 2.45) is 5.41 Å². The van der Waals surface area contributed by atoms with Crippen LogP contribution in [0.3, 0.4) is 0 Å². The standard InChI is InChI=1S/C12H20N2O4/c1-2-12(11(17)18)3-4-14(7-12)10(16)9-5-8(15)6-13-9/h8-9,13,15H,2-7H2,1H3,(H,17,18). The van der Waals surface area contributed by atoms with E-state index in [9.17, 15) is 19.8 Å². The quantitative estimate of drug-likeness (QED) is 0.629. The van der Waals surface area contributed by atoms with Crippen molar-refractivity contribution in [3.8, 4) is 0 Å². The van der Waals surface area contributed by atoms with Gasteiger partial charge in [0.05, 0.1) is 17.6 Å². The molecular weight excluding hydrogens is 236 g/mol. The summed E-state index contributed by atoms with van der Waals surface area (Å²) in [6.45, 7) is 3.06. The minimum Gasteiger partial charge on any atom is -0.481 e. The Bertz CT molecular complexity index is 360. The van der Waals surface area contributed by atoms with Gasteiger partial charge < -0.3 is 20.4 Å². The minimum atomic E-state index is -0.820. The molecule has 3 unspecified atom stereocenters. The summed E-state index contributed by atoms with van der Waals surface area (Å²) in [4.78, 5) is 25.1. The van der Waals surface area contributed by atoms with Crippen molar-refractivity contribution in [3.63, 3.8) is 0 Å². The fourth-order valence-electron chi connectivity index (χ4n) is 2.80. The van der Waals surface area contributed by atoms with E-state index < -0.39 is 17.5 Å². The van der Waals surface area contributed by atoms with Gasteiger partial charge in [-0.15, -0.1) is 0 Å². The van der Waals surface area contributed by atoms with Crippen LogP contribution in [0, 0.1) is 5.41 Å². The van der Waals surface area contributed by atoms with Gasteiger partial charge in [0.25, 0.3) is 0 Å². The van der Waals surface area contributed by atoms with E-state index in [0.29, 0.717) is 32.4 Å². The summed E-state index contributed by atoms with van der Waals surface area (Å²) in [5.41, 5.74) is -0.785. The van der Waals surface area contributed by atoms with Crippen LogP contribution in [0.1, 0.15) is 26.2 Å². The van der Waals surface area contributed by atoms with Gasteiger partial charge in [0.15, 0.2) is 0 Å². The highest BCUT2D eigenvalue weighted by Crippen LogP contribution is 2.34. The van der Waals surface area contributed by atoms with Crippen LogP contribution in [-0.4, -0.2) is 58.8 Å². The lowest BCUT2D eigenvalue weighted by Gasteiger charge is -2.24. The first-order chi connectivity index (χ1) is 8.48. The third-order valence-corrected chi connectivity index (χ3v) is 4.20. The van der Waals surface area contributed by atoms with E-state index in [1.54, 1.807) is 4.90 Å². The first-order valence-electron chi connectivity index (χ1n) is 6.42. The zero-order valence-corrected chi connectivity index (χ0v) is 10.6. The number of carbonyl (C=O) groups is 2. The molecule has 2 saturated heterocycles. The van der Waals surface area contributed by atoms with Crippen molar-refractivity contribution in [3.05, 3.63) is 0 Å². The molecule has 102 valence electrons. The molecular formula is C12H20N2O4. The average molecular weight is 256 g/mol. The van der Waals surface area contributed by atoms with Crippen molar-refractivity contribution in [1.82, 2.24) is 10.2 Å². The highest BCUT2D eigenvalue weighted by Gasteiger charge is 2.46. The molecule has 2 fully saturated rings. The van der Waals surface area contributed by atoms with Crippen LogP contribution < -0.4 is 5.32 Å². The molecule has 0 aromatic rings. The van der Waals surface area contributed by atoms with Crippen molar-refractivity contribution < 1.29 is 19.8 Å². The molecule has 6 nitrogen and oxygen atoms in total. The second kappa shape index (κ2) is 4.85. The van der Waals surface area contributed by atoms with Crippen molar-refractivity contribution in [2.75, 3.05) is 19.6 Å². The third-order valence-electron chi connectivity index (χ3n) is 4.20. The van der Waals surface area contributed by atoms with Gasteiger partial charge in [-0.1, -0.05) is 6.92 Å². The summed E-state index contributed by atoms with van der Waals surface area (Å²) >= 11 is 0. The molecule has 1 amide bonds. The number of aliphatic hydroxyl groups is 1. The van der Waals surface area contributed by atoms with Crippen LogP contribution in [0.15, 0.2) is 0 Å². The number of likely N-dealkylation sites (tertiary alicyclic amines) is 1. The summed E-state index contributed by atoms with van der Waals surface area (Å²) in [7, 11) is 0.